The van der Waals surface area contributed by atoms with Crippen LogP contribution in [0.1, 0.15) is 23.1 Å². The fourth-order valence-electron chi connectivity index (χ4n) is 1.53. The lowest BCUT2D eigenvalue weighted by atomic mass is 10.1. The molecule has 0 bridgehead atoms. The minimum Gasteiger partial charge on any atom is -0.330 e. The lowest BCUT2D eigenvalue weighted by molar-refractivity contribution is 0.101. The van der Waals surface area contributed by atoms with Crippen LogP contribution in [-0.2, 0) is 6.42 Å². The van der Waals surface area contributed by atoms with Gasteiger partial charge in [0.25, 0.3) is 0 Å². The Hall–Kier alpha value is -2.08. The summed E-state index contributed by atoms with van der Waals surface area (Å²) in [5.41, 5.74) is 6.97. The van der Waals surface area contributed by atoms with Crippen molar-refractivity contribution in [3.8, 4) is 5.69 Å². The molecule has 0 saturated carbocycles. The number of tetrazole rings is 1. The van der Waals surface area contributed by atoms with Crippen LogP contribution in [-0.4, -0.2) is 32.5 Å². The van der Waals surface area contributed by atoms with E-state index in [0.29, 0.717) is 24.4 Å². The van der Waals surface area contributed by atoms with Gasteiger partial charge in [-0.1, -0.05) is 0 Å². The van der Waals surface area contributed by atoms with Crippen molar-refractivity contribution in [1.82, 2.24) is 20.2 Å². The van der Waals surface area contributed by atoms with Gasteiger partial charge in [-0.2, -0.15) is 4.68 Å². The molecule has 1 aromatic carbocycles. The van der Waals surface area contributed by atoms with E-state index in [1.54, 1.807) is 16.8 Å². The molecule has 0 aliphatic rings. The molecule has 1 aromatic heterocycles. The number of nitrogens with zero attached hydrogens (tertiary/aromatic N) is 4. The topological polar surface area (TPSA) is 86.7 Å². The van der Waals surface area contributed by atoms with Crippen molar-refractivity contribution >= 4 is 5.78 Å². The maximum atomic E-state index is 11.1. The highest BCUT2D eigenvalue weighted by molar-refractivity contribution is 5.94. The maximum absolute atomic E-state index is 11.1. The number of hydrogen-bond acceptors (Lipinski definition) is 5. The summed E-state index contributed by atoms with van der Waals surface area (Å²) >= 11 is 0. The van der Waals surface area contributed by atoms with Gasteiger partial charge >= 0.3 is 0 Å². The third-order valence-electron chi connectivity index (χ3n) is 2.42. The zero-order valence-corrected chi connectivity index (χ0v) is 9.50. The number of carbonyl (C=O) groups excluding carboxylic acids is 1. The number of benzene rings is 1. The summed E-state index contributed by atoms with van der Waals surface area (Å²) in [6.45, 7) is 2.03. The molecule has 0 aliphatic heterocycles. The average molecular weight is 231 g/mol. The van der Waals surface area contributed by atoms with Gasteiger partial charge in [-0.05, 0) is 48.2 Å². The smallest absolute Gasteiger partial charge is 0.159 e. The van der Waals surface area contributed by atoms with Crippen molar-refractivity contribution in [3.05, 3.63) is 35.7 Å². The maximum Gasteiger partial charge on any atom is 0.159 e. The summed E-state index contributed by atoms with van der Waals surface area (Å²) in [4.78, 5) is 11.1. The monoisotopic (exact) mass is 231 g/mol. The zero-order chi connectivity index (χ0) is 12.3. The quantitative estimate of drug-likeness (QED) is 0.768. The molecule has 2 rings (SSSR count). The lowest BCUT2D eigenvalue weighted by Crippen LogP contribution is -2.10. The Kier molecular flexibility index (Phi) is 3.24. The largest absolute Gasteiger partial charge is 0.330 e. The summed E-state index contributed by atoms with van der Waals surface area (Å²) in [6, 6.07) is 7.14. The van der Waals surface area contributed by atoms with Crippen LogP contribution in [0.4, 0.5) is 0 Å². The van der Waals surface area contributed by atoms with Gasteiger partial charge in [0.1, 0.15) is 0 Å². The van der Waals surface area contributed by atoms with Gasteiger partial charge < -0.3 is 5.73 Å². The molecule has 0 fully saturated rings. The fraction of sp³-hybridized carbons (Fsp3) is 0.273. The highest BCUT2D eigenvalue weighted by Gasteiger charge is 2.07. The van der Waals surface area contributed by atoms with Crippen molar-refractivity contribution in [2.24, 2.45) is 5.73 Å². The molecule has 0 unspecified atom stereocenters. The molecule has 0 amide bonds. The van der Waals surface area contributed by atoms with E-state index in [0.717, 1.165) is 5.69 Å². The third-order valence-corrected chi connectivity index (χ3v) is 2.42. The van der Waals surface area contributed by atoms with Gasteiger partial charge in [-0.15, -0.1) is 5.10 Å². The summed E-state index contributed by atoms with van der Waals surface area (Å²) in [5.74, 6) is 0.749. The summed E-state index contributed by atoms with van der Waals surface area (Å²) in [6.07, 6.45) is 0.613. The van der Waals surface area contributed by atoms with Crippen LogP contribution in [0.3, 0.4) is 0 Å². The normalized spacial score (nSPS) is 10.5. The number of nitrogens with two attached hydrogens (primary N) is 1. The summed E-state index contributed by atoms with van der Waals surface area (Å²) in [5, 5.41) is 11.4. The Balaban J connectivity index is 2.33. The average Bonchev–Trinajstić information content (AvgIpc) is 2.78. The van der Waals surface area contributed by atoms with Crippen molar-refractivity contribution in [3.63, 3.8) is 0 Å². The van der Waals surface area contributed by atoms with Crippen LogP contribution in [0.2, 0.25) is 0 Å². The first-order chi connectivity index (χ1) is 8.22. The first-order valence-corrected chi connectivity index (χ1v) is 5.31. The molecule has 2 aromatic rings. The number of hydrogen-bond donors (Lipinski definition) is 1. The van der Waals surface area contributed by atoms with E-state index in [1.807, 2.05) is 12.1 Å². The molecule has 0 spiro atoms. The van der Waals surface area contributed by atoms with Gasteiger partial charge in [0.05, 0.1) is 5.69 Å². The Labute approximate surface area is 98.4 Å². The van der Waals surface area contributed by atoms with Crippen LogP contribution >= 0.6 is 0 Å². The van der Waals surface area contributed by atoms with Crippen LogP contribution in [0, 0.1) is 0 Å². The zero-order valence-electron chi connectivity index (χ0n) is 9.50. The summed E-state index contributed by atoms with van der Waals surface area (Å²) in [7, 11) is 0. The van der Waals surface area contributed by atoms with E-state index >= 15 is 0 Å². The van der Waals surface area contributed by atoms with Crippen LogP contribution in [0.25, 0.3) is 5.69 Å². The Morgan fingerprint density at radius 1 is 1.35 bits per heavy atom. The lowest BCUT2D eigenvalue weighted by Gasteiger charge is -2.04. The van der Waals surface area contributed by atoms with E-state index in [9.17, 15) is 4.79 Å². The standard InChI is InChI=1S/C11H13N5O/c1-8(17)9-2-4-10(5-3-9)16-11(6-7-12)13-14-15-16/h2-5H,6-7,12H2,1H3. The molecule has 6 nitrogen and oxygen atoms in total. The molecule has 17 heavy (non-hydrogen) atoms. The minimum atomic E-state index is 0.0375. The predicted octanol–water partition coefficient (Wildman–Crippen LogP) is 0.366. The number of rotatable bonds is 4. The number of ketones is 1. The predicted molar refractivity (Wildman–Crippen MR) is 61.9 cm³/mol. The van der Waals surface area contributed by atoms with E-state index in [1.165, 1.54) is 6.92 Å². The van der Waals surface area contributed by atoms with Crippen LogP contribution < -0.4 is 5.73 Å². The van der Waals surface area contributed by atoms with Gasteiger partial charge in [0.2, 0.25) is 0 Å². The van der Waals surface area contributed by atoms with E-state index in [-0.39, 0.29) is 5.78 Å². The first kappa shape index (κ1) is 11.4. The molecular weight excluding hydrogens is 218 g/mol. The molecule has 88 valence electrons. The first-order valence-electron chi connectivity index (χ1n) is 5.31. The van der Waals surface area contributed by atoms with Crippen LogP contribution in [0.15, 0.2) is 24.3 Å². The van der Waals surface area contributed by atoms with E-state index in [4.69, 9.17) is 5.73 Å². The van der Waals surface area contributed by atoms with Crippen LogP contribution in [0.5, 0.6) is 0 Å². The van der Waals surface area contributed by atoms with Crippen molar-refractivity contribution in [2.45, 2.75) is 13.3 Å². The van der Waals surface area contributed by atoms with E-state index in [2.05, 4.69) is 15.5 Å². The molecule has 6 heteroatoms. The van der Waals surface area contributed by atoms with Crippen molar-refractivity contribution < 1.29 is 4.79 Å². The Morgan fingerprint density at radius 3 is 2.65 bits per heavy atom. The minimum absolute atomic E-state index is 0.0375. The SMILES string of the molecule is CC(=O)c1ccc(-n2nnnc2CCN)cc1. The fourth-order valence-corrected chi connectivity index (χ4v) is 1.53. The summed E-state index contributed by atoms with van der Waals surface area (Å²) < 4.78 is 1.62. The second-order valence-electron chi connectivity index (χ2n) is 3.65. The molecule has 0 saturated heterocycles. The molecule has 0 atom stereocenters. The highest BCUT2D eigenvalue weighted by Crippen LogP contribution is 2.10. The number of aromatic nitrogens is 4. The van der Waals surface area contributed by atoms with Crippen molar-refractivity contribution in [2.75, 3.05) is 6.54 Å². The van der Waals surface area contributed by atoms with E-state index < -0.39 is 0 Å². The second kappa shape index (κ2) is 4.84. The van der Waals surface area contributed by atoms with Crippen molar-refractivity contribution in [1.29, 1.82) is 0 Å². The Bertz CT molecular complexity index is 517. The van der Waals surface area contributed by atoms with Gasteiger partial charge in [0, 0.05) is 12.0 Å². The molecule has 0 radical (unpaired) electrons. The van der Waals surface area contributed by atoms with Gasteiger partial charge in [-0.3, -0.25) is 4.79 Å². The third kappa shape index (κ3) is 2.36. The highest BCUT2D eigenvalue weighted by atomic mass is 16.1. The molecular formula is C11H13N5O. The van der Waals surface area contributed by atoms with Gasteiger partial charge in [-0.25, -0.2) is 0 Å². The number of carbonyl (C=O) groups is 1. The Morgan fingerprint density at radius 2 is 2.06 bits per heavy atom. The molecule has 1 heterocycles. The second-order valence-corrected chi connectivity index (χ2v) is 3.65. The molecule has 2 N–H and O–H groups in total. The number of Topliss-reactive ketones (excluding diaryl/α,β-unsaturated/α-hetero) is 1. The molecule has 0 aliphatic carbocycles. The van der Waals surface area contributed by atoms with Gasteiger partial charge in [0.15, 0.2) is 11.6 Å².